The second kappa shape index (κ2) is 28.0. The lowest BCUT2D eigenvalue weighted by Crippen LogP contribution is -2.07. The van der Waals surface area contributed by atoms with Gasteiger partial charge in [0.15, 0.2) is 0 Å². The molecule has 0 heterocycles. The molecule has 0 aliphatic heterocycles. The molecule has 0 aromatic carbocycles. The van der Waals surface area contributed by atoms with Crippen LogP contribution in [-0.4, -0.2) is 64.6 Å². The third kappa shape index (κ3) is 32.9. The number of hydrogen-bond acceptors (Lipinski definition) is 5. The number of aliphatic hydroxyl groups is 1. The van der Waals surface area contributed by atoms with Crippen LogP contribution >= 0.6 is 0 Å². The van der Waals surface area contributed by atoms with E-state index in [0.29, 0.717) is 19.8 Å². The Bertz CT molecular complexity index is 113. The summed E-state index contributed by atoms with van der Waals surface area (Å²) in [6.45, 7) is 12.0. The van der Waals surface area contributed by atoms with Crippen LogP contribution in [0.5, 0.6) is 0 Å². The first-order chi connectivity index (χ1) is 9.83. The normalized spacial score (nSPS) is 9.71. The number of aliphatic hydroxyl groups excluding tert-OH is 1. The second-order valence-corrected chi connectivity index (χ2v) is 4.17. The van der Waals surface area contributed by atoms with Crippen molar-refractivity contribution in [1.29, 1.82) is 0 Å². The second-order valence-electron chi connectivity index (χ2n) is 4.17. The lowest BCUT2D eigenvalue weighted by atomic mass is 10.5. The molecule has 0 bridgehead atoms. The van der Waals surface area contributed by atoms with Gasteiger partial charge < -0.3 is 24.1 Å². The molecule has 0 atom stereocenters. The van der Waals surface area contributed by atoms with Gasteiger partial charge in [-0.05, 0) is 19.3 Å². The average molecular weight is 310 g/mol. The summed E-state index contributed by atoms with van der Waals surface area (Å²) in [5.41, 5.74) is 0. The summed E-state index contributed by atoms with van der Waals surface area (Å²) in [4.78, 5) is 0. The van der Waals surface area contributed by atoms with Gasteiger partial charge in [0.25, 0.3) is 0 Å². The van der Waals surface area contributed by atoms with Crippen molar-refractivity contribution in [2.75, 3.05) is 59.5 Å². The topological polar surface area (TPSA) is 57.2 Å². The highest BCUT2D eigenvalue weighted by atomic mass is 16.5. The van der Waals surface area contributed by atoms with Gasteiger partial charge in [0.05, 0.1) is 39.6 Å². The molecule has 0 rings (SSSR count). The zero-order valence-corrected chi connectivity index (χ0v) is 13.6. The lowest BCUT2D eigenvalue weighted by molar-refractivity contribution is 0.0333. The van der Waals surface area contributed by atoms with Crippen LogP contribution in [0.25, 0.3) is 0 Å². The van der Waals surface area contributed by atoms with Crippen molar-refractivity contribution in [3.05, 3.63) is 0 Å². The molecular formula is C16H38O5. The van der Waals surface area contributed by atoms with Crippen molar-refractivity contribution >= 4 is 0 Å². The molecular weight excluding hydrogens is 272 g/mol. The summed E-state index contributed by atoms with van der Waals surface area (Å²) < 4.78 is 20.5. The summed E-state index contributed by atoms with van der Waals surface area (Å²) in [5, 5.41) is 8.30. The Labute approximate surface area is 131 Å². The molecule has 0 aliphatic carbocycles. The van der Waals surface area contributed by atoms with Crippen LogP contribution in [0.15, 0.2) is 0 Å². The lowest BCUT2D eigenvalue weighted by Gasteiger charge is -2.02. The van der Waals surface area contributed by atoms with Gasteiger partial charge in [0, 0.05) is 19.8 Å². The molecule has 0 fully saturated rings. The molecule has 1 N–H and O–H groups in total. The van der Waals surface area contributed by atoms with Crippen molar-refractivity contribution in [3.8, 4) is 0 Å². The monoisotopic (exact) mass is 310 g/mol. The van der Waals surface area contributed by atoms with Gasteiger partial charge in [-0.25, -0.2) is 0 Å². The van der Waals surface area contributed by atoms with Crippen molar-refractivity contribution in [2.45, 2.75) is 47.5 Å². The molecule has 0 aliphatic rings. The summed E-state index contributed by atoms with van der Waals surface area (Å²) >= 11 is 0. The smallest absolute Gasteiger partial charge is 0.0701 e. The molecule has 0 aromatic heterocycles. The van der Waals surface area contributed by atoms with Gasteiger partial charge in [-0.15, -0.1) is 0 Å². The van der Waals surface area contributed by atoms with Gasteiger partial charge in [0.2, 0.25) is 0 Å². The Balaban J connectivity index is -0.000000295. The molecule has 0 saturated carbocycles. The summed E-state index contributed by atoms with van der Waals surface area (Å²) in [6.07, 6.45) is 3.22. The van der Waals surface area contributed by atoms with Crippen LogP contribution in [-0.2, 0) is 18.9 Å². The third-order valence-corrected chi connectivity index (χ3v) is 2.03. The van der Waals surface area contributed by atoms with Gasteiger partial charge >= 0.3 is 0 Å². The average Bonchev–Trinajstić information content (AvgIpc) is 2.47. The third-order valence-electron chi connectivity index (χ3n) is 2.03. The fraction of sp³-hybridized carbons (Fsp3) is 1.00. The van der Waals surface area contributed by atoms with E-state index in [0.717, 1.165) is 52.3 Å². The highest BCUT2D eigenvalue weighted by molar-refractivity contribution is 4.31. The van der Waals surface area contributed by atoms with Crippen molar-refractivity contribution in [2.24, 2.45) is 0 Å². The molecule has 0 spiro atoms. The standard InChI is InChI=1S/C8H18O2.C7H16O3.CH4/c1-3-5-9-7-8-10-6-4-2;1-2-4-9-6-7-10-5-3-8;/h3-8H2,1-2H3;8H,2-7H2,1H3;1H4. The van der Waals surface area contributed by atoms with E-state index in [2.05, 4.69) is 20.8 Å². The predicted octanol–water partition coefficient (Wildman–Crippen LogP) is 2.90. The Kier molecular flexibility index (Phi) is 34.4. The SMILES string of the molecule is C.CCCOCCOCCC.CCCOCCOCCO. The van der Waals surface area contributed by atoms with Gasteiger partial charge in [-0.1, -0.05) is 28.2 Å². The first kappa shape index (κ1) is 25.7. The van der Waals surface area contributed by atoms with E-state index >= 15 is 0 Å². The molecule has 0 saturated heterocycles. The van der Waals surface area contributed by atoms with Crippen LogP contribution in [0.3, 0.4) is 0 Å². The Morgan fingerprint density at radius 3 is 1.05 bits per heavy atom. The van der Waals surface area contributed by atoms with Crippen LogP contribution in [0.2, 0.25) is 0 Å². The molecule has 0 radical (unpaired) electrons. The minimum Gasteiger partial charge on any atom is -0.394 e. The van der Waals surface area contributed by atoms with E-state index in [1.807, 2.05) is 0 Å². The zero-order valence-electron chi connectivity index (χ0n) is 13.6. The first-order valence-electron chi connectivity index (χ1n) is 7.75. The van der Waals surface area contributed by atoms with E-state index in [-0.39, 0.29) is 14.0 Å². The summed E-state index contributed by atoms with van der Waals surface area (Å²) in [6, 6.07) is 0. The first-order valence-corrected chi connectivity index (χ1v) is 7.75. The maximum absolute atomic E-state index is 8.30. The number of hydrogen-bond donors (Lipinski definition) is 1. The number of rotatable bonds is 14. The fourth-order valence-electron chi connectivity index (χ4n) is 1.14. The highest BCUT2D eigenvalue weighted by Gasteiger charge is 1.86. The quantitative estimate of drug-likeness (QED) is 0.500. The summed E-state index contributed by atoms with van der Waals surface area (Å²) in [7, 11) is 0. The maximum Gasteiger partial charge on any atom is 0.0701 e. The van der Waals surface area contributed by atoms with Crippen LogP contribution in [0.1, 0.15) is 47.5 Å². The van der Waals surface area contributed by atoms with Crippen LogP contribution < -0.4 is 0 Å². The fourth-order valence-corrected chi connectivity index (χ4v) is 1.14. The Morgan fingerprint density at radius 2 is 0.810 bits per heavy atom. The molecule has 5 nitrogen and oxygen atoms in total. The Hall–Kier alpha value is -0.200. The minimum atomic E-state index is 0. The maximum atomic E-state index is 8.30. The number of ether oxygens (including phenoxy) is 4. The predicted molar refractivity (Wildman–Crippen MR) is 88.0 cm³/mol. The van der Waals surface area contributed by atoms with E-state index < -0.39 is 0 Å². The Morgan fingerprint density at radius 1 is 0.524 bits per heavy atom. The van der Waals surface area contributed by atoms with E-state index in [1.165, 1.54) is 0 Å². The molecule has 0 amide bonds. The van der Waals surface area contributed by atoms with E-state index in [9.17, 15) is 0 Å². The van der Waals surface area contributed by atoms with Crippen molar-refractivity contribution < 1.29 is 24.1 Å². The molecule has 21 heavy (non-hydrogen) atoms. The minimum absolute atomic E-state index is 0. The van der Waals surface area contributed by atoms with Crippen LogP contribution in [0.4, 0.5) is 0 Å². The summed E-state index contributed by atoms with van der Waals surface area (Å²) in [5.74, 6) is 0. The van der Waals surface area contributed by atoms with E-state index in [1.54, 1.807) is 0 Å². The molecule has 0 aromatic rings. The van der Waals surface area contributed by atoms with Crippen LogP contribution in [0, 0.1) is 0 Å². The van der Waals surface area contributed by atoms with Crippen molar-refractivity contribution in [3.63, 3.8) is 0 Å². The largest absolute Gasteiger partial charge is 0.394 e. The highest BCUT2D eigenvalue weighted by Crippen LogP contribution is 1.83. The zero-order chi connectivity index (χ0) is 15.3. The molecule has 0 unspecified atom stereocenters. The van der Waals surface area contributed by atoms with Gasteiger partial charge in [-0.3, -0.25) is 0 Å². The molecule has 132 valence electrons. The van der Waals surface area contributed by atoms with E-state index in [4.69, 9.17) is 24.1 Å². The molecule has 5 heteroatoms. The van der Waals surface area contributed by atoms with Gasteiger partial charge in [-0.2, -0.15) is 0 Å². The van der Waals surface area contributed by atoms with Crippen molar-refractivity contribution in [1.82, 2.24) is 0 Å². The van der Waals surface area contributed by atoms with Gasteiger partial charge in [0.1, 0.15) is 0 Å².